The Morgan fingerprint density at radius 1 is 1.30 bits per heavy atom. The molecule has 2 heterocycles. The molecule has 2 N–H and O–H groups in total. The normalized spacial score (nSPS) is 14.0. The maximum absolute atomic E-state index is 12.4. The minimum absolute atomic E-state index is 0.0291. The maximum Gasteiger partial charge on any atom is 0.408 e. The summed E-state index contributed by atoms with van der Waals surface area (Å²) >= 11 is 0. The Morgan fingerprint density at radius 3 is 2.67 bits per heavy atom. The van der Waals surface area contributed by atoms with Gasteiger partial charge < -0.3 is 14.6 Å². The lowest BCUT2D eigenvalue weighted by atomic mass is 10.1. The summed E-state index contributed by atoms with van der Waals surface area (Å²) in [5.74, 6) is -1.38. The summed E-state index contributed by atoms with van der Waals surface area (Å²) in [7, 11) is -4.36. The first-order valence-corrected chi connectivity index (χ1v) is 8.83. The molecule has 0 radical (unpaired) electrons. The molecule has 0 fully saturated rings. The first kappa shape index (κ1) is 18.8. The zero-order chi connectivity index (χ0) is 19.8. The van der Waals surface area contributed by atoms with Crippen molar-refractivity contribution in [2.75, 3.05) is 17.9 Å². The van der Waals surface area contributed by atoms with Crippen LogP contribution in [0.2, 0.25) is 0 Å². The number of nitrogens with zero attached hydrogens (tertiary/aromatic N) is 2. The van der Waals surface area contributed by atoms with Gasteiger partial charge in [0.2, 0.25) is 0 Å². The highest BCUT2D eigenvalue weighted by atomic mass is 32.2. The van der Waals surface area contributed by atoms with Crippen LogP contribution < -0.4 is 14.2 Å². The van der Waals surface area contributed by atoms with E-state index in [2.05, 4.69) is 9.82 Å². The molecule has 0 spiro atoms. The van der Waals surface area contributed by atoms with Gasteiger partial charge in [0.15, 0.2) is 16.5 Å². The van der Waals surface area contributed by atoms with Gasteiger partial charge in [0, 0.05) is 12.3 Å². The molecule has 3 rings (SSSR count). The third-order valence-electron chi connectivity index (χ3n) is 3.36. The smallest absolute Gasteiger partial charge is 0.408 e. The Labute approximate surface area is 150 Å². The number of rotatable bonds is 5. The van der Waals surface area contributed by atoms with Crippen molar-refractivity contribution in [1.29, 1.82) is 0 Å². The second-order valence-corrected chi connectivity index (χ2v) is 7.05. The number of benzene rings is 1. The second-order valence-electron chi connectivity index (χ2n) is 5.43. The number of fused-ring (bicyclic) bond motifs is 1. The van der Waals surface area contributed by atoms with Crippen molar-refractivity contribution in [3.8, 4) is 11.5 Å². The van der Waals surface area contributed by atoms with Crippen LogP contribution in [-0.2, 0) is 16.6 Å². The highest BCUT2D eigenvalue weighted by Crippen LogP contribution is 2.37. The van der Waals surface area contributed by atoms with Crippen LogP contribution >= 0.6 is 0 Å². The van der Waals surface area contributed by atoms with Gasteiger partial charge in [-0.15, -0.1) is 0 Å². The number of aromatic carboxylic acids is 1. The average Bonchev–Trinajstić information content (AvgIpc) is 3.01. The summed E-state index contributed by atoms with van der Waals surface area (Å²) < 4.78 is 74.8. The topological polar surface area (TPSA) is 120 Å². The molecule has 0 aliphatic carbocycles. The van der Waals surface area contributed by atoms with Gasteiger partial charge in [-0.2, -0.15) is 26.7 Å². The monoisotopic (exact) mass is 407 g/mol. The van der Waals surface area contributed by atoms with E-state index in [1.807, 2.05) is 0 Å². The molecule has 0 unspecified atom stereocenters. The van der Waals surface area contributed by atoms with Crippen LogP contribution in [0.3, 0.4) is 0 Å². The lowest BCUT2D eigenvalue weighted by molar-refractivity contribution is -0.142. The second kappa shape index (κ2) is 6.64. The van der Waals surface area contributed by atoms with E-state index in [1.54, 1.807) is 0 Å². The fourth-order valence-corrected chi connectivity index (χ4v) is 3.32. The Bertz CT molecular complexity index is 986. The zero-order valence-corrected chi connectivity index (χ0v) is 14.2. The van der Waals surface area contributed by atoms with Crippen molar-refractivity contribution in [3.05, 3.63) is 30.0 Å². The molecule has 9 nitrogen and oxygen atoms in total. The van der Waals surface area contributed by atoms with Crippen molar-refractivity contribution < 1.29 is 41.0 Å². The van der Waals surface area contributed by atoms with E-state index in [-0.39, 0.29) is 36.0 Å². The molecule has 1 aliphatic rings. The minimum atomic E-state index is -4.56. The summed E-state index contributed by atoms with van der Waals surface area (Å²) in [6, 6.07) is 3.12. The molecule has 0 atom stereocenters. The standard InChI is InChI=1S/C14H12F3N3O6S/c15-14(16,17)7-20-2-1-11(18-20)27(23,24)19-8-5-9(13(21)22)12-10(6-8)25-3-4-26-12/h1-2,5-6,19H,3-4,7H2,(H,21,22). The van der Waals surface area contributed by atoms with Crippen LogP contribution in [0, 0.1) is 0 Å². The van der Waals surface area contributed by atoms with E-state index >= 15 is 0 Å². The fraction of sp³-hybridized carbons (Fsp3) is 0.286. The van der Waals surface area contributed by atoms with Crippen LogP contribution in [0.1, 0.15) is 10.4 Å². The van der Waals surface area contributed by atoms with Crippen LogP contribution in [-0.4, -0.2) is 48.7 Å². The molecule has 0 amide bonds. The van der Waals surface area contributed by atoms with E-state index < -0.39 is 33.7 Å². The van der Waals surface area contributed by atoms with Gasteiger partial charge in [0.05, 0.1) is 5.69 Å². The van der Waals surface area contributed by atoms with E-state index in [0.29, 0.717) is 4.68 Å². The number of anilines is 1. The van der Waals surface area contributed by atoms with Crippen molar-refractivity contribution >= 4 is 21.7 Å². The first-order valence-electron chi connectivity index (χ1n) is 7.35. The van der Waals surface area contributed by atoms with E-state index in [0.717, 1.165) is 18.3 Å². The highest BCUT2D eigenvalue weighted by Gasteiger charge is 2.30. The van der Waals surface area contributed by atoms with Gasteiger partial charge in [-0.1, -0.05) is 0 Å². The number of aromatic nitrogens is 2. The van der Waals surface area contributed by atoms with Crippen molar-refractivity contribution in [3.63, 3.8) is 0 Å². The lowest BCUT2D eigenvalue weighted by Gasteiger charge is -2.21. The van der Waals surface area contributed by atoms with Gasteiger partial charge >= 0.3 is 12.1 Å². The van der Waals surface area contributed by atoms with Crippen LogP contribution in [0.15, 0.2) is 29.4 Å². The summed E-state index contributed by atoms with van der Waals surface area (Å²) in [6.45, 7) is -1.17. The molecule has 0 saturated carbocycles. The third kappa shape index (κ3) is 4.24. The van der Waals surface area contributed by atoms with Gasteiger partial charge in [0.25, 0.3) is 10.0 Å². The molecule has 2 aromatic rings. The highest BCUT2D eigenvalue weighted by molar-refractivity contribution is 7.92. The van der Waals surface area contributed by atoms with Crippen molar-refractivity contribution in [2.24, 2.45) is 0 Å². The number of carboxylic acid groups (broad SMARTS) is 1. The van der Waals surface area contributed by atoms with Gasteiger partial charge in [-0.3, -0.25) is 9.40 Å². The molecule has 13 heteroatoms. The number of hydrogen-bond acceptors (Lipinski definition) is 6. The molecule has 1 aromatic heterocycles. The average molecular weight is 407 g/mol. The molecule has 1 aliphatic heterocycles. The molecule has 27 heavy (non-hydrogen) atoms. The summed E-state index contributed by atoms with van der Waals surface area (Å²) in [5, 5.41) is 12.0. The molecule has 1 aromatic carbocycles. The minimum Gasteiger partial charge on any atom is -0.486 e. The van der Waals surface area contributed by atoms with E-state index in [9.17, 15) is 31.5 Å². The predicted molar refractivity (Wildman–Crippen MR) is 83.5 cm³/mol. The van der Waals surface area contributed by atoms with E-state index in [4.69, 9.17) is 9.47 Å². The van der Waals surface area contributed by atoms with Crippen LogP contribution in [0.4, 0.5) is 18.9 Å². The number of carbonyl (C=O) groups is 1. The number of nitrogens with one attached hydrogen (secondary N) is 1. The largest absolute Gasteiger partial charge is 0.486 e. The predicted octanol–water partition coefficient (Wildman–Crippen LogP) is 1.72. The molecular weight excluding hydrogens is 395 g/mol. The van der Waals surface area contributed by atoms with Gasteiger partial charge in [-0.05, 0) is 12.1 Å². The SMILES string of the molecule is O=C(O)c1cc(NS(=O)(=O)c2ccn(CC(F)(F)F)n2)cc2c1OCCO2. The Kier molecular flexibility index (Phi) is 4.63. The summed E-state index contributed by atoms with van der Waals surface area (Å²) in [4.78, 5) is 11.4. The van der Waals surface area contributed by atoms with Crippen LogP contribution in [0.25, 0.3) is 0 Å². The van der Waals surface area contributed by atoms with Crippen LogP contribution in [0.5, 0.6) is 11.5 Å². The fourth-order valence-electron chi connectivity index (χ4n) is 2.34. The molecular formula is C14H12F3N3O6S. The Morgan fingerprint density at radius 2 is 2.00 bits per heavy atom. The summed E-state index contributed by atoms with van der Waals surface area (Å²) in [5.41, 5.74) is -0.491. The van der Waals surface area contributed by atoms with Crippen molar-refractivity contribution in [2.45, 2.75) is 17.7 Å². The number of carboxylic acids is 1. The van der Waals surface area contributed by atoms with Gasteiger partial charge in [-0.25, -0.2) is 4.79 Å². The lowest BCUT2D eigenvalue weighted by Crippen LogP contribution is -2.20. The molecule has 146 valence electrons. The van der Waals surface area contributed by atoms with E-state index in [1.165, 1.54) is 6.07 Å². The zero-order valence-electron chi connectivity index (χ0n) is 13.4. The number of alkyl halides is 3. The third-order valence-corrected chi connectivity index (χ3v) is 4.63. The Balaban J connectivity index is 1.90. The number of halogens is 3. The number of ether oxygens (including phenoxy) is 2. The number of hydrogen-bond donors (Lipinski definition) is 2. The van der Waals surface area contributed by atoms with Gasteiger partial charge in [0.1, 0.15) is 25.3 Å². The maximum atomic E-state index is 12.4. The Hall–Kier alpha value is -2.96. The molecule has 0 saturated heterocycles. The first-order chi connectivity index (χ1) is 12.5. The molecule has 0 bridgehead atoms. The van der Waals surface area contributed by atoms with Crippen molar-refractivity contribution in [1.82, 2.24) is 9.78 Å². The summed E-state index contributed by atoms with van der Waals surface area (Å²) in [6.07, 6.45) is -3.69. The number of sulfonamides is 1. The quantitative estimate of drug-likeness (QED) is 0.774.